The van der Waals surface area contributed by atoms with Crippen LogP contribution in [-0.4, -0.2) is 49.0 Å². The number of anilines is 2. The summed E-state index contributed by atoms with van der Waals surface area (Å²) in [6.45, 7) is 6.11. The van der Waals surface area contributed by atoms with E-state index in [9.17, 15) is 22.8 Å². The van der Waals surface area contributed by atoms with Crippen molar-refractivity contribution >= 4 is 23.6 Å². The second-order valence-electron chi connectivity index (χ2n) is 7.59. The number of hydrogen-bond acceptors (Lipinski definition) is 7. The standard InChI is InChI=1S/C15H12F3N3O3.C9H10N2O.C2H6/c1-9-7-20(14(23)13-10(8-22)6-19-21(9)13)11-2-4-12(5-3-11)24-15(16,17)18;1-11-8-3-4-9(12-2)7(5-8)6-10;1-2/h2-6,8-9H,7H2,1H3;3-5,11H,1-2H3;1-2H3. The monoisotopic (exact) mass is 531 g/mol. The normalized spacial score (nSPS) is 14.0. The van der Waals surface area contributed by atoms with Gasteiger partial charge in [-0.2, -0.15) is 10.4 Å². The van der Waals surface area contributed by atoms with Gasteiger partial charge < -0.3 is 19.7 Å². The molecule has 9 nitrogen and oxygen atoms in total. The zero-order valence-corrected chi connectivity index (χ0v) is 21.5. The number of halogens is 3. The fourth-order valence-electron chi connectivity index (χ4n) is 3.57. The summed E-state index contributed by atoms with van der Waals surface area (Å²) in [5.41, 5.74) is 2.20. The van der Waals surface area contributed by atoms with Gasteiger partial charge in [0, 0.05) is 25.0 Å². The Bertz CT molecular complexity index is 1280. The lowest BCUT2D eigenvalue weighted by Crippen LogP contribution is -2.43. The zero-order chi connectivity index (χ0) is 28.5. The van der Waals surface area contributed by atoms with Crippen LogP contribution in [0.15, 0.2) is 48.7 Å². The number of carbonyl (C=O) groups excluding carboxylic acids is 2. The highest BCUT2D eigenvalue weighted by atomic mass is 19.4. The van der Waals surface area contributed by atoms with Gasteiger partial charge in [-0.3, -0.25) is 14.3 Å². The Hall–Kier alpha value is -4.53. The van der Waals surface area contributed by atoms with Crippen LogP contribution < -0.4 is 19.7 Å². The summed E-state index contributed by atoms with van der Waals surface area (Å²) in [5.74, 6) is -0.198. The van der Waals surface area contributed by atoms with Crippen LogP contribution in [0.3, 0.4) is 0 Å². The van der Waals surface area contributed by atoms with E-state index in [0.717, 1.165) is 17.8 Å². The molecule has 1 amide bonds. The SMILES string of the molecule is CC.CC1CN(c2ccc(OC(F)(F)F)cc2)C(=O)c2c(C=O)cnn21.CNc1ccc(OC)c(C#N)c1. The molecule has 2 aromatic carbocycles. The van der Waals surface area contributed by atoms with Gasteiger partial charge in [-0.15, -0.1) is 13.2 Å². The first-order chi connectivity index (χ1) is 18.1. The van der Waals surface area contributed by atoms with Gasteiger partial charge in [0.25, 0.3) is 5.91 Å². The van der Waals surface area contributed by atoms with Crippen molar-refractivity contribution in [3.05, 3.63) is 65.5 Å². The average Bonchev–Trinajstić information content (AvgIpc) is 3.37. The number of amides is 1. The van der Waals surface area contributed by atoms with Crippen molar-refractivity contribution in [2.45, 2.75) is 33.2 Å². The number of ether oxygens (including phenoxy) is 2. The molecule has 1 aromatic heterocycles. The van der Waals surface area contributed by atoms with Crippen molar-refractivity contribution in [3.63, 3.8) is 0 Å². The van der Waals surface area contributed by atoms with Crippen LogP contribution in [0.25, 0.3) is 0 Å². The molecule has 0 bridgehead atoms. The van der Waals surface area contributed by atoms with Crippen molar-refractivity contribution in [2.75, 3.05) is 30.9 Å². The van der Waals surface area contributed by atoms with Gasteiger partial charge in [0.1, 0.15) is 23.3 Å². The summed E-state index contributed by atoms with van der Waals surface area (Å²) in [4.78, 5) is 25.1. The molecular weight excluding hydrogens is 503 g/mol. The molecule has 38 heavy (non-hydrogen) atoms. The summed E-state index contributed by atoms with van der Waals surface area (Å²) >= 11 is 0. The van der Waals surface area contributed by atoms with Crippen molar-refractivity contribution in [1.82, 2.24) is 9.78 Å². The summed E-state index contributed by atoms with van der Waals surface area (Å²) in [7, 11) is 3.36. The zero-order valence-electron chi connectivity index (χ0n) is 21.5. The van der Waals surface area contributed by atoms with Gasteiger partial charge in [-0.25, -0.2) is 0 Å². The smallest absolute Gasteiger partial charge is 0.495 e. The van der Waals surface area contributed by atoms with E-state index in [1.54, 1.807) is 19.2 Å². The predicted molar refractivity (Wildman–Crippen MR) is 136 cm³/mol. The Kier molecular flexibility index (Phi) is 10.3. The average molecular weight is 532 g/mol. The summed E-state index contributed by atoms with van der Waals surface area (Å²) in [5, 5.41) is 15.7. The number of nitrogens with zero attached hydrogens (tertiary/aromatic N) is 4. The van der Waals surface area contributed by atoms with Crippen LogP contribution in [0.5, 0.6) is 11.5 Å². The highest BCUT2D eigenvalue weighted by molar-refractivity contribution is 6.09. The van der Waals surface area contributed by atoms with E-state index in [1.807, 2.05) is 33.9 Å². The first-order valence-corrected chi connectivity index (χ1v) is 11.6. The van der Waals surface area contributed by atoms with E-state index in [1.165, 1.54) is 27.9 Å². The molecule has 4 rings (SSSR count). The fourth-order valence-corrected chi connectivity index (χ4v) is 3.57. The van der Waals surface area contributed by atoms with Gasteiger partial charge in [0.2, 0.25) is 0 Å². The van der Waals surface area contributed by atoms with E-state index >= 15 is 0 Å². The minimum atomic E-state index is -4.78. The molecule has 0 saturated carbocycles. The molecule has 0 radical (unpaired) electrons. The van der Waals surface area contributed by atoms with Gasteiger partial charge >= 0.3 is 6.36 Å². The van der Waals surface area contributed by atoms with Crippen LogP contribution in [0, 0.1) is 11.3 Å². The number of nitriles is 1. The third-order valence-corrected chi connectivity index (χ3v) is 5.25. The molecule has 3 aromatic rings. The Morgan fingerprint density at radius 1 is 1.18 bits per heavy atom. The first kappa shape index (κ1) is 29.7. The Morgan fingerprint density at radius 3 is 2.37 bits per heavy atom. The number of alkyl halides is 3. The van der Waals surface area contributed by atoms with Crippen molar-refractivity contribution in [3.8, 4) is 17.6 Å². The maximum atomic E-state index is 12.6. The molecule has 202 valence electrons. The molecule has 1 N–H and O–H groups in total. The minimum absolute atomic E-state index is 0.166. The third-order valence-electron chi connectivity index (χ3n) is 5.25. The number of aldehydes is 1. The Labute approximate surface area is 218 Å². The summed E-state index contributed by atoms with van der Waals surface area (Å²) < 4.78 is 46.9. The van der Waals surface area contributed by atoms with Crippen LogP contribution in [0.2, 0.25) is 0 Å². The minimum Gasteiger partial charge on any atom is -0.495 e. The highest BCUT2D eigenvalue weighted by Crippen LogP contribution is 2.30. The Balaban J connectivity index is 0.000000305. The number of fused-ring (bicyclic) bond motifs is 1. The van der Waals surface area contributed by atoms with Gasteiger partial charge in [0.15, 0.2) is 6.29 Å². The lowest BCUT2D eigenvalue weighted by molar-refractivity contribution is -0.274. The lowest BCUT2D eigenvalue weighted by atomic mass is 10.1. The molecular formula is C26H28F3N5O4. The van der Waals surface area contributed by atoms with Gasteiger partial charge in [-0.1, -0.05) is 13.8 Å². The molecule has 0 spiro atoms. The van der Waals surface area contributed by atoms with Crippen LogP contribution in [-0.2, 0) is 0 Å². The second kappa shape index (κ2) is 13.1. The van der Waals surface area contributed by atoms with Gasteiger partial charge in [-0.05, 0) is 49.4 Å². The third kappa shape index (κ3) is 7.03. The summed E-state index contributed by atoms with van der Waals surface area (Å²) in [6, 6.07) is 12.2. The molecule has 0 fully saturated rings. The molecule has 1 aliphatic rings. The van der Waals surface area contributed by atoms with Crippen LogP contribution in [0.4, 0.5) is 24.5 Å². The fraction of sp³-hybridized carbons (Fsp3) is 0.308. The number of carbonyl (C=O) groups is 2. The molecule has 12 heteroatoms. The number of benzene rings is 2. The molecule has 1 unspecified atom stereocenters. The van der Waals surface area contributed by atoms with Crippen molar-refractivity contribution in [1.29, 1.82) is 5.26 Å². The lowest BCUT2D eigenvalue weighted by Gasteiger charge is -2.32. The maximum absolute atomic E-state index is 12.6. The van der Waals surface area contributed by atoms with Crippen LogP contribution >= 0.6 is 0 Å². The highest BCUT2D eigenvalue weighted by Gasteiger charge is 2.34. The number of rotatable bonds is 5. The number of hydrogen-bond donors (Lipinski definition) is 1. The molecule has 1 aliphatic heterocycles. The van der Waals surface area contributed by atoms with E-state index in [-0.39, 0.29) is 29.6 Å². The largest absolute Gasteiger partial charge is 0.573 e. The van der Waals surface area contributed by atoms with Crippen molar-refractivity contribution in [2.24, 2.45) is 0 Å². The second-order valence-corrected chi connectivity index (χ2v) is 7.59. The van der Waals surface area contributed by atoms with Crippen LogP contribution in [0.1, 0.15) is 53.2 Å². The summed E-state index contributed by atoms with van der Waals surface area (Å²) in [6.07, 6.45) is -2.91. The van der Waals surface area contributed by atoms with E-state index in [2.05, 4.69) is 21.2 Å². The number of nitrogens with one attached hydrogen (secondary N) is 1. The molecule has 0 saturated heterocycles. The molecule has 1 atom stereocenters. The van der Waals surface area contributed by atoms with E-state index in [4.69, 9.17) is 10.00 Å². The topological polar surface area (TPSA) is 109 Å². The Morgan fingerprint density at radius 2 is 1.84 bits per heavy atom. The number of methoxy groups -OCH3 is 1. The van der Waals surface area contributed by atoms with Crippen molar-refractivity contribution < 1.29 is 32.2 Å². The first-order valence-electron chi connectivity index (χ1n) is 11.6. The number of aromatic nitrogens is 2. The van der Waals surface area contributed by atoms with E-state index < -0.39 is 12.3 Å². The molecule has 2 heterocycles. The quantitative estimate of drug-likeness (QED) is 0.436. The molecule has 0 aliphatic carbocycles. The maximum Gasteiger partial charge on any atom is 0.573 e. The van der Waals surface area contributed by atoms with E-state index in [0.29, 0.717) is 23.3 Å². The van der Waals surface area contributed by atoms with Gasteiger partial charge in [0.05, 0.1) is 30.5 Å². The predicted octanol–water partition coefficient (Wildman–Crippen LogP) is 5.45.